The van der Waals surface area contributed by atoms with Crippen molar-refractivity contribution in [2.75, 3.05) is 0 Å². The highest BCUT2D eigenvalue weighted by Gasteiger charge is 2.02. The first-order valence-corrected chi connectivity index (χ1v) is 17.0. The zero-order valence-corrected chi connectivity index (χ0v) is 25.5. The van der Waals surface area contributed by atoms with Gasteiger partial charge in [-0.05, 0) is 50.5 Å². The molecule has 0 N–H and O–H groups in total. The van der Waals surface area contributed by atoms with E-state index in [2.05, 4.69) is 55.1 Å². The first kappa shape index (κ1) is 33.9. The molecule has 0 aliphatic rings. The summed E-state index contributed by atoms with van der Waals surface area (Å²) in [7, 11) is 0. The Labute approximate surface area is 233 Å². The van der Waals surface area contributed by atoms with Gasteiger partial charge < -0.3 is 0 Å². The first-order valence-electron chi connectivity index (χ1n) is 17.0. The van der Waals surface area contributed by atoms with Crippen molar-refractivity contribution in [1.29, 1.82) is 0 Å². The van der Waals surface area contributed by atoms with Gasteiger partial charge >= 0.3 is 0 Å². The standard InChI is InChI=1S/C36H66N/c1-3-5-7-9-11-13-15-16-17-18-19-21-23-25-27-29-33-37-34-31-36(32-35-37)30-28-26-24-22-20-14-12-10-8-6-4-2/h16-17,31-32,34-35H,3-15,18-30,33H2,1-2H3/q+1. The third kappa shape index (κ3) is 23.7. The fraction of sp³-hybridized carbons (Fsp3) is 0.806. The fourth-order valence-corrected chi connectivity index (χ4v) is 5.34. The highest BCUT2D eigenvalue weighted by molar-refractivity contribution is 5.07. The Morgan fingerprint density at radius 3 is 1.30 bits per heavy atom. The predicted octanol–water partition coefficient (Wildman–Crippen LogP) is 11.9. The Bertz CT molecular complexity index is 587. The van der Waals surface area contributed by atoms with E-state index in [-0.39, 0.29) is 0 Å². The number of hydrogen-bond acceptors (Lipinski definition) is 0. The number of nitrogens with zero attached hydrogens (tertiary/aromatic N) is 1. The van der Waals surface area contributed by atoms with Crippen LogP contribution in [-0.2, 0) is 13.0 Å². The van der Waals surface area contributed by atoms with E-state index in [9.17, 15) is 0 Å². The van der Waals surface area contributed by atoms with Crippen molar-refractivity contribution in [2.45, 2.75) is 187 Å². The predicted molar refractivity (Wildman–Crippen MR) is 166 cm³/mol. The summed E-state index contributed by atoms with van der Waals surface area (Å²) in [6, 6.07) is 4.71. The maximum absolute atomic E-state index is 2.43. The zero-order chi connectivity index (χ0) is 26.5. The molecule has 37 heavy (non-hydrogen) atoms. The lowest BCUT2D eigenvalue weighted by Gasteiger charge is -2.03. The van der Waals surface area contributed by atoms with Crippen LogP contribution in [0.5, 0.6) is 0 Å². The Hall–Kier alpha value is -1.11. The van der Waals surface area contributed by atoms with Gasteiger partial charge in [-0.25, -0.2) is 4.57 Å². The summed E-state index contributed by atoms with van der Waals surface area (Å²) >= 11 is 0. The minimum atomic E-state index is 1.18. The van der Waals surface area contributed by atoms with Gasteiger partial charge in [-0.15, -0.1) is 0 Å². The summed E-state index contributed by atoms with van der Waals surface area (Å²) in [5.41, 5.74) is 1.52. The van der Waals surface area contributed by atoms with Crippen LogP contribution in [0.3, 0.4) is 0 Å². The third-order valence-corrected chi connectivity index (χ3v) is 7.96. The van der Waals surface area contributed by atoms with Crippen LogP contribution in [0.25, 0.3) is 0 Å². The number of hydrogen-bond donors (Lipinski definition) is 0. The molecule has 0 amide bonds. The second-order valence-corrected chi connectivity index (χ2v) is 11.7. The van der Waals surface area contributed by atoms with Crippen LogP contribution in [0.1, 0.15) is 180 Å². The highest BCUT2D eigenvalue weighted by atomic mass is 14.9. The summed E-state index contributed by atoms with van der Waals surface area (Å²) in [4.78, 5) is 0. The molecule has 1 heterocycles. The quantitative estimate of drug-likeness (QED) is 0.0597. The average Bonchev–Trinajstić information content (AvgIpc) is 2.92. The van der Waals surface area contributed by atoms with Crippen LogP contribution in [0.4, 0.5) is 0 Å². The molecule has 0 saturated carbocycles. The Morgan fingerprint density at radius 1 is 0.459 bits per heavy atom. The molecule has 0 spiro atoms. The Kier molecular flexibility index (Phi) is 25.6. The van der Waals surface area contributed by atoms with E-state index in [0.29, 0.717) is 0 Å². The van der Waals surface area contributed by atoms with Gasteiger partial charge in [0, 0.05) is 18.6 Å². The summed E-state index contributed by atoms with van der Waals surface area (Å²) < 4.78 is 2.39. The van der Waals surface area contributed by atoms with Gasteiger partial charge in [-0.3, -0.25) is 0 Å². The molecule has 0 aliphatic heterocycles. The number of allylic oxidation sites excluding steroid dienone is 2. The SMILES string of the molecule is CCCCCCCCC=CCCCCCCCC[n+]1ccc(CCCCCCCCCCCCC)cc1. The third-order valence-electron chi connectivity index (χ3n) is 7.96. The molecule has 0 saturated heterocycles. The van der Waals surface area contributed by atoms with Crippen LogP contribution >= 0.6 is 0 Å². The van der Waals surface area contributed by atoms with Crippen molar-refractivity contribution in [3.8, 4) is 0 Å². The van der Waals surface area contributed by atoms with Crippen molar-refractivity contribution in [3.05, 3.63) is 42.2 Å². The summed E-state index contributed by atoms with van der Waals surface area (Å²) in [6.07, 6.45) is 45.8. The normalized spacial score (nSPS) is 11.6. The van der Waals surface area contributed by atoms with E-state index < -0.39 is 0 Å². The molecule has 1 aromatic rings. The molecular formula is C36H66N+. The van der Waals surface area contributed by atoms with E-state index in [1.54, 1.807) is 0 Å². The van der Waals surface area contributed by atoms with Gasteiger partial charge in [-0.2, -0.15) is 0 Å². The topological polar surface area (TPSA) is 3.88 Å². The zero-order valence-electron chi connectivity index (χ0n) is 25.5. The molecule has 1 heteroatoms. The van der Waals surface area contributed by atoms with Crippen LogP contribution in [-0.4, -0.2) is 0 Å². The molecule has 214 valence electrons. The van der Waals surface area contributed by atoms with Crippen LogP contribution in [0.15, 0.2) is 36.7 Å². The summed E-state index contributed by atoms with van der Waals surface area (Å²) in [5, 5.41) is 0. The van der Waals surface area contributed by atoms with Crippen molar-refractivity contribution in [3.63, 3.8) is 0 Å². The molecule has 0 aliphatic carbocycles. The molecule has 0 bridgehead atoms. The lowest BCUT2D eigenvalue weighted by molar-refractivity contribution is -0.697. The van der Waals surface area contributed by atoms with Gasteiger partial charge in [0.05, 0.1) is 0 Å². The van der Waals surface area contributed by atoms with Crippen molar-refractivity contribution < 1.29 is 4.57 Å². The van der Waals surface area contributed by atoms with Crippen LogP contribution in [0, 0.1) is 0 Å². The average molecular weight is 513 g/mol. The minimum Gasteiger partial charge on any atom is -0.205 e. The molecule has 0 radical (unpaired) electrons. The van der Waals surface area contributed by atoms with Crippen LogP contribution < -0.4 is 4.57 Å². The number of aromatic nitrogens is 1. The maximum atomic E-state index is 2.43. The van der Waals surface area contributed by atoms with Gasteiger partial charge in [0.25, 0.3) is 0 Å². The van der Waals surface area contributed by atoms with E-state index >= 15 is 0 Å². The summed E-state index contributed by atoms with van der Waals surface area (Å²) in [6.45, 7) is 5.77. The van der Waals surface area contributed by atoms with Crippen molar-refractivity contribution in [1.82, 2.24) is 0 Å². The smallest absolute Gasteiger partial charge is 0.169 e. The van der Waals surface area contributed by atoms with Crippen molar-refractivity contribution in [2.24, 2.45) is 0 Å². The van der Waals surface area contributed by atoms with Gasteiger partial charge in [0.1, 0.15) is 6.54 Å². The second kappa shape index (κ2) is 27.9. The molecule has 1 aromatic heterocycles. The van der Waals surface area contributed by atoms with E-state index in [1.165, 1.54) is 179 Å². The van der Waals surface area contributed by atoms with Gasteiger partial charge in [-0.1, -0.05) is 142 Å². The number of aryl methyl sites for hydroxylation is 2. The van der Waals surface area contributed by atoms with Gasteiger partial charge in [0.2, 0.25) is 0 Å². The molecule has 0 fully saturated rings. The lowest BCUT2D eigenvalue weighted by Crippen LogP contribution is -2.32. The molecule has 1 nitrogen and oxygen atoms in total. The number of rotatable bonds is 28. The molecule has 1 rings (SSSR count). The minimum absolute atomic E-state index is 1.18. The summed E-state index contributed by atoms with van der Waals surface area (Å²) in [5.74, 6) is 0. The Balaban J connectivity index is 1.86. The molecule has 0 aromatic carbocycles. The van der Waals surface area contributed by atoms with E-state index in [0.717, 1.165) is 0 Å². The van der Waals surface area contributed by atoms with Gasteiger partial charge in [0.15, 0.2) is 12.4 Å². The Morgan fingerprint density at radius 2 is 0.838 bits per heavy atom. The second-order valence-electron chi connectivity index (χ2n) is 11.7. The number of pyridine rings is 1. The monoisotopic (exact) mass is 513 g/mol. The first-order chi connectivity index (χ1) is 18.4. The van der Waals surface area contributed by atoms with Crippen molar-refractivity contribution >= 4 is 0 Å². The number of unbranched alkanes of at least 4 members (excludes halogenated alkanes) is 22. The highest BCUT2D eigenvalue weighted by Crippen LogP contribution is 2.13. The van der Waals surface area contributed by atoms with Crippen LogP contribution in [0.2, 0.25) is 0 Å². The fourth-order valence-electron chi connectivity index (χ4n) is 5.34. The molecule has 0 unspecified atom stereocenters. The largest absolute Gasteiger partial charge is 0.205 e. The molecule has 0 atom stereocenters. The molecular weight excluding hydrogens is 446 g/mol. The van der Waals surface area contributed by atoms with E-state index in [1.807, 2.05) is 0 Å². The lowest BCUT2D eigenvalue weighted by atomic mass is 10.0. The van der Waals surface area contributed by atoms with E-state index in [4.69, 9.17) is 0 Å². The maximum Gasteiger partial charge on any atom is 0.169 e.